The number of esters is 1. The van der Waals surface area contributed by atoms with Crippen LogP contribution in [0.5, 0.6) is 0 Å². The number of nitrogens with one attached hydrogen (secondary N) is 1. The highest BCUT2D eigenvalue weighted by molar-refractivity contribution is 6.30. The molecule has 3 rings (SSSR count). The lowest BCUT2D eigenvalue weighted by atomic mass is 10.1. The van der Waals surface area contributed by atoms with Crippen LogP contribution in [-0.4, -0.2) is 21.9 Å². The van der Waals surface area contributed by atoms with Crippen molar-refractivity contribution >= 4 is 23.4 Å². The summed E-state index contributed by atoms with van der Waals surface area (Å²) in [6.45, 7) is 1.36. The molecule has 1 N–H and O–H groups in total. The molecule has 0 saturated heterocycles. The smallest absolute Gasteiger partial charge is 0.355 e. The SMILES string of the molecule is CC(=O)c1c[nH]c(C(=O)OCc2cc(-c3ccc(Cl)cc3)no2)c1. The summed E-state index contributed by atoms with van der Waals surface area (Å²) < 4.78 is 10.3. The number of rotatable bonds is 5. The van der Waals surface area contributed by atoms with Crippen LogP contribution in [0.3, 0.4) is 0 Å². The van der Waals surface area contributed by atoms with E-state index in [9.17, 15) is 9.59 Å². The minimum Gasteiger partial charge on any atom is -0.453 e. The van der Waals surface area contributed by atoms with Crippen LogP contribution in [0.15, 0.2) is 47.1 Å². The zero-order valence-electron chi connectivity index (χ0n) is 12.7. The zero-order valence-corrected chi connectivity index (χ0v) is 13.5. The van der Waals surface area contributed by atoms with Gasteiger partial charge in [0.05, 0.1) is 0 Å². The van der Waals surface area contributed by atoms with Gasteiger partial charge in [0.25, 0.3) is 0 Å². The number of hydrogen-bond acceptors (Lipinski definition) is 5. The van der Waals surface area contributed by atoms with Crippen molar-refractivity contribution < 1.29 is 18.8 Å². The Bertz CT molecular complexity index is 880. The summed E-state index contributed by atoms with van der Waals surface area (Å²) >= 11 is 5.84. The summed E-state index contributed by atoms with van der Waals surface area (Å²) in [5.41, 5.74) is 2.09. The molecule has 0 radical (unpaired) electrons. The summed E-state index contributed by atoms with van der Waals surface area (Å²) in [5.74, 6) is -0.299. The summed E-state index contributed by atoms with van der Waals surface area (Å²) in [5, 5.41) is 4.56. The van der Waals surface area contributed by atoms with Crippen LogP contribution in [0.2, 0.25) is 5.02 Å². The average molecular weight is 345 g/mol. The van der Waals surface area contributed by atoms with Crippen LogP contribution in [-0.2, 0) is 11.3 Å². The van der Waals surface area contributed by atoms with Gasteiger partial charge in [-0.2, -0.15) is 0 Å². The number of H-pyrrole nitrogens is 1. The van der Waals surface area contributed by atoms with Crippen LogP contribution < -0.4 is 0 Å². The maximum Gasteiger partial charge on any atom is 0.355 e. The number of benzene rings is 1. The van der Waals surface area contributed by atoms with Gasteiger partial charge in [-0.1, -0.05) is 28.9 Å². The molecule has 2 heterocycles. The fraction of sp³-hybridized carbons (Fsp3) is 0.118. The van der Waals surface area contributed by atoms with Gasteiger partial charge in [0.2, 0.25) is 0 Å². The highest BCUT2D eigenvalue weighted by Crippen LogP contribution is 2.21. The fourth-order valence-corrected chi connectivity index (χ4v) is 2.19. The summed E-state index contributed by atoms with van der Waals surface area (Å²) in [6, 6.07) is 10.3. The topological polar surface area (TPSA) is 85.2 Å². The Kier molecular flexibility index (Phi) is 4.48. The molecule has 0 bridgehead atoms. The van der Waals surface area contributed by atoms with Crippen molar-refractivity contribution in [3.63, 3.8) is 0 Å². The largest absolute Gasteiger partial charge is 0.453 e. The molecule has 24 heavy (non-hydrogen) atoms. The zero-order chi connectivity index (χ0) is 17.1. The lowest BCUT2D eigenvalue weighted by Crippen LogP contribution is -2.05. The number of carbonyl (C=O) groups is 2. The highest BCUT2D eigenvalue weighted by atomic mass is 35.5. The first-order chi connectivity index (χ1) is 11.5. The van der Waals surface area contributed by atoms with E-state index in [1.807, 2.05) is 12.1 Å². The molecule has 6 nitrogen and oxygen atoms in total. The first kappa shape index (κ1) is 16.0. The molecule has 0 saturated carbocycles. The lowest BCUT2D eigenvalue weighted by Gasteiger charge is -1.99. The number of aromatic amines is 1. The summed E-state index contributed by atoms with van der Waals surface area (Å²) in [7, 11) is 0. The van der Waals surface area contributed by atoms with Crippen LogP contribution >= 0.6 is 11.6 Å². The standard InChI is InChI=1S/C17H13ClN2O4/c1-10(21)12-6-16(19-8-12)17(22)23-9-14-7-15(20-24-14)11-2-4-13(18)5-3-11/h2-8,19H,9H2,1H3. The molecule has 0 unspecified atom stereocenters. The van der Waals surface area contributed by atoms with Crippen LogP contribution in [0, 0.1) is 0 Å². The molecular formula is C17H13ClN2O4. The molecule has 0 aliphatic carbocycles. The van der Waals surface area contributed by atoms with Gasteiger partial charge in [-0.05, 0) is 25.1 Å². The number of halogens is 1. The molecule has 1 aromatic carbocycles. The van der Waals surface area contributed by atoms with Gasteiger partial charge in [0.15, 0.2) is 18.2 Å². The van der Waals surface area contributed by atoms with Gasteiger partial charge in [-0.15, -0.1) is 0 Å². The molecule has 7 heteroatoms. The van der Waals surface area contributed by atoms with Gasteiger partial charge in [0.1, 0.15) is 11.4 Å². The fourth-order valence-electron chi connectivity index (χ4n) is 2.07. The normalized spacial score (nSPS) is 10.6. The number of ketones is 1. The van der Waals surface area contributed by atoms with Crippen molar-refractivity contribution in [1.29, 1.82) is 0 Å². The Morgan fingerprint density at radius 2 is 2.00 bits per heavy atom. The van der Waals surface area contributed by atoms with E-state index in [0.717, 1.165) is 5.56 Å². The molecule has 122 valence electrons. The lowest BCUT2D eigenvalue weighted by molar-refractivity contribution is 0.0431. The van der Waals surface area contributed by atoms with Crippen molar-refractivity contribution in [1.82, 2.24) is 10.1 Å². The van der Waals surface area contributed by atoms with E-state index in [-0.39, 0.29) is 18.1 Å². The summed E-state index contributed by atoms with van der Waals surface area (Å²) in [6.07, 6.45) is 1.46. The molecule has 3 aromatic rings. The average Bonchev–Trinajstić information content (AvgIpc) is 3.23. The second-order valence-corrected chi connectivity index (χ2v) is 5.56. The first-order valence-electron chi connectivity index (χ1n) is 7.11. The van der Waals surface area contributed by atoms with E-state index in [1.54, 1.807) is 18.2 Å². The van der Waals surface area contributed by atoms with Crippen molar-refractivity contribution in [2.75, 3.05) is 0 Å². The molecule has 0 amide bonds. The number of nitrogens with zero attached hydrogens (tertiary/aromatic N) is 1. The third-order valence-corrected chi connectivity index (χ3v) is 3.61. The maximum absolute atomic E-state index is 11.9. The van der Waals surface area contributed by atoms with Crippen LogP contribution in [0.1, 0.15) is 33.5 Å². The van der Waals surface area contributed by atoms with E-state index >= 15 is 0 Å². The summed E-state index contributed by atoms with van der Waals surface area (Å²) in [4.78, 5) is 25.8. The molecule has 0 atom stereocenters. The third kappa shape index (κ3) is 3.55. The second kappa shape index (κ2) is 6.72. The van der Waals surface area contributed by atoms with E-state index in [2.05, 4.69) is 10.1 Å². The third-order valence-electron chi connectivity index (χ3n) is 3.35. The number of carbonyl (C=O) groups excluding carboxylic acids is 2. The molecule has 0 aliphatic heterocycles. The highest BCUT2D eigenvalue weighted by Gasteiger charge is 2.14. The first-order valence-corrected chi connectivity index (χ1v) is 7.49. The molecule has 0 aliphatic rings. The Morgan fingerprint density at radius 1 is 1.25 bits per heavy atom. The molecule has 0 spiro atoms. The molecule has 0 fully saturated rings. The number of Topliss-reactive ketones (excluding diaryl/α,β-unsaturated/α-hetero) is 1. The Hall–Kier alpha value is -2.86. The number of hydrogen-bond donors (Lipinski definition) is 1. The van der Waals surface area contributed by atoms with Gasteiger partial charge in [-0.25, -0.2) is 4.79 Å². The number of aromatic nitrogens is 2. The quantitative estimate of drug-likeness (QED) is 0.560. The maximum atomic E-state index is 11.9. The van der Waals surface area contributed by atoms with Crippen LogP contribution in [0.4, 0.5) is 0 Å². The monoisotopic (exact) mass is 344 g/mol. The predicted molar refractivity (Wildman–Crippen MR) is 86.9 cm³/mol. The van der Waals surface area contributed by atoms with E-state index < -0.39 is 5.97 Å². The number of ether oxygens (including phenoxy) is 1. The van der Waals surface area contributed by atoms with Gasteiger partial charge >= 0.3 is 5.97 Å². The minimum absolute atomic E-state index is 0.0617. The van der Waals surface area contributed by atoms with Gasteiger partial charge in [0, 0.05) is 28.4 Å². The van der Waals surface area contributed by atoms with E-state index in [4.69, 9.17) is 20.9 Å². The Morgan fingerprint density at radius 3 is 2.67 bits per heavy atom. The van der Waals surface area contributed by atoms with Crippen molar-refractivity contribution in [2.45, 2.75) is 13.5 Å². The molecular weight excluding hydrogens is 332 g/mol. The van der Waals surface area contributed by atoms with E-state index in [0.29, 0.717) is 22.0 Å². The minimum atomic E-state index is -0.577. The Labute approximate surface area is 142 Å². The van der Waals surface area contributed by atoms with Gasteiger partial charge < -0.3 is 14.2 Å². The van der Waals surface area contributed by atoms with E-state index in [1.165, 1.54) is 19.2 Å². The van der Waals surface area contributed by atoms with Crippen LogP contribution in [0.25, 0.3) is 11.3 Å². The van der Waals surface area contributed by atoms with Crippen molar-refractivity contribution in [2.24, 2.45) is 0 Å². The predicted octanol–water partition coefficient (Wildman–Crippen LogP) is 3.88. The van der Waals surface area contributed by atoms with Crippen molar-refractivity contribution in [3.8, 4) is 11.3 Å². The van der Waals surface area contributed by atoms with Gasteiger partial charge in [-0.3, -0.25) is 4.79 Å². The van der Waals surface area contributed by atoms with Crippen molar-refractivity contribution in [3.05, 3.63) is 64.6 Å². The Balaban J connectivity index is 1.63. The molecule has 2 aromatic heterocycles. The second-order valence-electron chi connectivity index (χ2n) is 5.12.